The maximum Gasteiger partial charge on any atom is 0.338 e. The molecule has 0 unspecified atom stereocenters. The first-order valence-electron chi connectivity index (χ1n) is 10.4. The molecule has 31 heavy (non-hydrogen) atoms. The van der Waals surface area contributed by atoms with Crippen LogP contribution in [0.2, 0.25) is 0 Å². The Kier molecular flexibility index (Phi) is 6.89. The van der Waals surface area contributed by atoms with Gasteiger partial charge in [-0.25, -0.2) is 4.79 Å². The van der Waals surface area contributed by atoms with Crippen LogP contribution in [0.4, 0.5) is 17.1 Å². The highest BCUT2D eigenvalue weighted by atomic mass is 16.6. The number of nitrogens with one attached hydrogen (secondary N) is 1. The van der Waals surface area contributed by atoms with E-state index in [0.717, 1.165) is 37.1 Å². The van der Waals surface area contributed by atoms with Crippen molar-refractivity contribution in [2.75, 3.05) is 29.9 Å². The maximum atomic E-state index is 12.4. The Bertz CT molecular complexity index is 997. The third kappa shape index (κ3) is 5.20. The number of nitro benzene ring substituents is 1. The van der Waals surface area contributed by atoms with Crippen LogP contribution in [-0.4, -0.2) is 36.5 Å². The van der Waals surface area contributed by atoms with Crippen molar-refractivity contribution < 1.29 is 19.2 Å². The predicted octanol–water partition coefficient (Wildman–Crippen LogP) is 4.42. The molecule has 1 heterocycles. The van der Waals surface area contributed by atoms with Crippen LogP contribution in [0.1, 0.15) is 54.1 Å². The Morgan fingerprint density at radius 1 is 1.19 bits per heavy atom. The maximum absolute atomic E-state index is 12.4. The molecule has 0 saturated carbocycles. The summed E-state index contributed by atoms with van der Waals surface area (Å²) >= 11 is 0. The molecular formula is C23H27N3O5. The molecule has 8 nitrogen and oxygen atoms in total. The van der Waals surface area contributed by atoms with Crippen LogP contribution >= 0.6 is 0 Å². The molecule has 2 aromatic carbocycles. The minimum atomic E-state index is -0.778. The SMILES string of the molecule is Cc1cccc(C(C)C)c1NC(=O)COC(=O)c1ccc(N2CCCC2)c([N+](=O)[O-])c1. The number of esters is 1. The second kappa shape index (κ2) is 9.59. The van der Waals surface area contributed by atoms with Crippen LogP contribution in [0, 0.1) is 17.0 Å². The van der Waals surface area contributed by atoms with Gasteiger partial charge in [-0.2, -0.15) is 0 Å². The minimum Gasteiger partial charge on any atom is -0.452 e. The lowest BCUT2D eigenvalue weighted by Crippen LogP contribution is -2.22. The summed E-state index contributed by atoms with van der Waals surface area (Å²) in [6, 6.07) is 10.1. The normalized spacial score (nSPS) is 13.4. The van der Waals surface area contributed by atoms with Crippen LogP contribution in [0.3, 0.4) is 0 Å². The van der Waals surface area contributed by atoms with Crippen molar-refractivity contribution >= 4 is 28.9 Å². The summed E-state index contributed by atoms with van der Waals surface area (Å²) < 4.78 is 5.12. The van der Waals surface area contributed by atoms with E-state index in [1.165, 1.54) is 12.1 Å². The average Bonchev–Trinajstić information content (AvgIpc) is 3.27. The van der Waals surface area contributed by atoms with E-state index < -0.39 is 23.4 Å². The van der Waals surface area contributed by atoms with Gasteiger partial charge >= 0.3 is 5.97 Å². The van der Waals surface area contributed by atoms with Crippen molar-refractivity contribution in [2.24, 2.45) is 0 Å². The van der Waals surface area contributed by atoms with Gasteiger partial charge in [-0.15, -0.1) is 0 Å². The zero-order valence-corrected chi connectivity index (χ0v) is 18.0. The third-order valence-electron chi connectivity index (χ3n) is 5.38. The summed E-state index contributed by atoms with van der Waals surface area (Å²) in [5, 5.41) is 14.3. The fourth-order valence-electron chi connectivity index (χ4n) is 3.75. The smallest absolute Gasteiger partial charge is 0.338 e. The first-order chi connectivity index (χ1) is 14.8. The number of rotatable bonds is 7. The number of aryl methyl sites for hydroxylation is 1. The molecule has 8 heteroatoms. The van der Waals surface area contributed by atoms with Crippen molar-refractivity contribution in [3.63, 3.8) is 0 Å². The topological polar surface area (TPSA) is 102 Å². The number of carbonyl (C=O) groups excluding carboxylic acids is 2. The number of benzene rings is 2. The lowest BCUT2D eigenvalue weighted by molar-refractivity contribution is -0.384. The van der Waals surface area contributed by atoms with Gasteiger partial charge in [0.2, 0.25) is 0 Å². The number of para-hydroxylation sites is 1. The van der Waals surface area contributed by atoms with E-state index in [0.29, 0.717) is 11.4 Å². The molecule has 0 spiro atoms. The molecule has 1 aliphatic heterocycles. The van der Waals surface area contributed by atoms with E-state index in [-0.39, 0.29) is 17.2 Å². The van der Waals surface area contributed by atoms with E-state index >= 15 is 0 Å². The molecule has 0 bridgehead atoms. The number of hydrogen-bond donors (Lipinski definition) is 1. The summed E-state index contributed by atoms with van der Waals surface area (Å²) in [6.07, 6.45) is 1.96. The number of amides is 1. The molecule has 1 aliphatic rings. The number of ether oxygens (including phenoxy) is 1. The Morgan fingerprint density at radius 2 is 1.90 bits per heavy atom. The van der Waals surface area contributed by atoms with Crippen molar-refractivity contribution in [3.05, 3.63) is 63.2 Å². The van der Waals surface area contributed by atoms with Crippen molar-refractivity contribution in [1.29, 1.82) is 0 Å². The monoisotopic (exact) mass is 425 g/mol. The first kappa shape index (κ1) is 22.3. The summed E-state index contributed by atoms with van der Waals surface area (Å²) in [5.74, 6) is -1.03. The van der Waals surface area contributed by atoms with E-state index in [4.69, 9.17) is 4.74 Å². The van der Waals surface area contributed by atoms with E-state index in [1.807, 2.05) is 43.9 Å². The third-order valence-corrected chi connectivity index (χ3v) is 5.38. The van der Waals surface area contributed by atoms with Crippen molar-refractivity contribution in [2.45, 2.75) is 39.5 Å². The van der Waals surface area contributed by atoms with E-state index in [2.05, 4.69) is 5.32 Å². The van der Waals surface area contributed by atoms with Crippen LogP contribution in [0.25, 0.3) is 0 Å². The second-order valence-corrected chi connectivity index (χ2v) is 7.97. The quantitative estimate of drug-likeness (QED) is 0.400. The molecule has 1 saturated heterocycles. The zero-order chi connectivity index (χ0) is 22.5. The Hall–Kier alpha value is -3.42. The summed E-state index contributed by atoms with van der Waals surface area (Å²) in [5.41, 5.74) is 3.03. The number of anilines is 2. The van der Waals surface area contributed by atoms with Crippen LogP contribution in [0.15, 0.2) is 36.4 Å². The number of carbonyl (C=O) groups is 2. The summed E-state index contributed by atoms with van der Waals surface area (Å²) in [6.45, 7) is 6.98. The van der Waals surface area contributed by atoms with Gasteiger partial charge in [0.25, 0.3) is 11.6 Å². The van der Waals surface area contributed by atoms with Crippen molar-refractivity contribution in [1.82, 2.24) is 0 Å². The Balaban J connectivity index is 1.68. The molecule has 3 rings (SSSR count). The Labute approximate surface area is 181 Å². The predicted molar refractivity (Wildman–Crippen MR) is 119 cm³/mol. The molecule has 1 amide bonds. The summed E-state index contributed by atoms with van der Waals surface area (Å²) in [7, 11) is 0. The lowest BCUT2D eigenvalue weighted by Gasteiger charge is -2.18. The van der Waals surface area contributed by atoms with Gasteiger partial charge in [0, 0.05) is 24.8 Å². The zero-order valence-electron chi connectivity index (χ0n) is 18.0. The molecule has 0 radical (unpaired) electrons. The lowest BCUT2D eigenvalue weighted by atomic mass is 9.98. The number of hydrogen-bond acceptors (Lipinski definition) is 6. The van der Waals surface area contributed by atoms with Crippen LogP contribution in [-0.2, 0) is 9.53 Å². The number of nitro groups is 1. The van der Waals surface area contributed by atoms with E-state index in [1.54, 1.807) is 6.07 Å². The van der Waals surface area contributed by atoms with E-state index in [9.17, 15) is 19.7 Å². The van der Waals surface area contributed by atoms with Gasteiger partial charge in [-0.05, 0) is 48.9 Å². The van der Waals surface area contributed by atoms with Gasteiger partial charge < -0.3 is 15.0 Å². The highest BCUT2D eigenvalue weighted by molar-refractivity contribution is 5.97. The molecule has 1 fully saturated rings. The largest absolute Gasteiger partial charge is 0.452 e. The molecule has 0 aromatic heterocycles. The molecule has 1 N–H and O–H groups in total. The second-order valence-electron chi connectivity index (χ2n) is 7.97. The molecule has 0 atom stereocenters. The van der Waals surface area contributed by atoms with Gasteiger partial charge in [0.05, 0.1) is 10.5 Å². The fourth-order valence-corrected chi connectivity index (χ4v) is 3.75. The molecular weight excluding hydrogens is 398 g/mol. The highest BCUT2D eigenvalue weighted by Crippen LogP contribution is 2.32. The van der Waals surface area contributed by atoms with Gasteiger partial charge in [-0.3, -0.25) is 14.9 Å². The van der Waals surface area contributed by atoms with Gasteiger partial charge in [0.15, 0.2) is 6.61 Å². The standard InChI is InChI=1S/C23H27N3O5/c1-15(2)18-8-6-7-16(3)22(18)24-21(27)14-31-23(28)17-9-10-19(20(13-17)26(29)30)25-11-4-5-12-25/h6-10,13,15H,4-5,11-12,14H2,1-3H3,(H,24,27). The highest BCUT2D eigenvalue weighted by Gasteiger charge is 2.24. The van der Waals surface area contributed by atoms with Crippen LogP contribution in [0.5, 0.6) is 0 Å². The van der Waals surface area contributed by atoms with Gasteiger partial charge in [-0.1, -0.05) is 32.0 Å². The van der Waals surface area contributed by atoms with Crippen LogP contribution < -0.4 is 10.2 Å². The van der Waals surface area contributed by atoms with Gasteiger partial charge in [0.1, 0.15) is 5.69 Å². The molecule has 0 aliphatic carbocycles. The minimum absolute atomic E-state index is 0.0428. The Morgan fingerprint density at radius 3 is 2.55 bits per heavy atom. The van der Waals surface area contributed by atoms with Crippen molar-refractivity contribution in [3.8, 4) is 0 Å². The summed E-state index contributed by atoms with van der Waals surface area (Å²) in [4.78, 5) is 37.7. The fraction of sp³-hybridized carbons (Fsp3) is 0.391. The average molecular weight is 425 g/mol. The first-order valence-corrected chi connectivity index (χ1v) is 10.4. The molecule has 2 aromatic rings. The number of nitrogens with zero attached hydrogens (tertiary/aromatic N) is 2. The molecule has 164 valence electrons.